The lowest BCUT2D eigenvalue weighted by molar-refractivity contribution is -0.140. The van der Waals surface area contributed by atoms with Crippen LogP contribution < -0.4 is 10.1 Å². The third-order valence-electron chi connectivity index (χ3n) is 5.12. The first-order chi connectivity index (χ1) is 15.2. The summed E-state index contributed by atoms with van der Waals surface area (Å²) in [5.41, 5.74) is 4.07. The maximum absolute atomic E-state index is 12.5. The first-order valence-electron chi connectivity index (χ1n) is 10.4. The highest BCUT2D eigenvalue weighted by molar-refractivity contribution is 7.89. The van der Waals surface area contributed by atoms with Crippen molar-refractivity contribution in [2.24, 2.45) is 0 Å². The minimum absolute atomic E-state index is 0.0228. The second-order valence-corrected chi connectivity index (χ2v) is 9.91. The number of ether oxygens (including phenoxy) is 2. The SMILES string of the molecule is COC(=O)CCS(=O)(=O)N1CCc2cc(Nc3ccc(OC(C)C)c(C#N)c3)ccc2C1. The first kappa shape index (κ1) is 23.6. The number of rotatable bonds is 8. The average molecular weight is 458 g/mol. The molecule has 0 saturated heterocycles. The molecule has 3 rings (SSSR count). The maximum atomic E-state index is 12.5. The Labute approximate surface area is 188 Å². The van der Waals surface area contributed by atoms with Gasteiger partial charge in [-0.2, -0.15) is 9.57 Å². The number of nitrogens with one attached hydrogen (secondary N) is 1. The van der Waals surface area contributed by atoms with Crippen molar-refractivity contribution in [2.45, 2.75) is 39.3 Å². The topological polar surface area (TPSA) is 109 Å². The van der Waals surface area contributed by atoms with E-state index in [2.05, 4.69) is 16.1 Å². The molecule has 0 unspecified atom stereocenters. The van der Waals surface area contributed by atoms with Gasteiger partial charge < -0.3 is 14.8 Å². The van der Waals surface area contributed by atoms with E-state index in [0.717, 1.165) is 22.5 Å². The van der Waals surface area contributed by atoms with Gasteiger partial charge in [-0.15, -0.1) is 0 Å². The molecular weight excluding hydrogens is 430 g/mol. The van der Waals surface area contributed by atoms with Crippen LogP contribution in [0.5, 0.6) is 5.75 Å². The van der Waals surface area contributed by atoms with E-state index in [4.69, 9.17) is 4.74 Å². The minimum Gasteiger partial charge on any atom is -0.490 e. The van der Waals surface area contributed by atoms with Crippen molar-refractivity contribution in [1.82, 2.24) is 4.31 Å². The van der Waals surface area contributed by atoms with E-state index in [1.807, 2.05) is 38.1 Å². The Morgan fingerprint density at radius 3 is 2.59 bits per heavy atom. The second kappa shape index (κ2) is 10.0. The quantitative estimate of drug-likeness (QED) is 0.606. The molecular formula is C23H27N3O5S. The number of carbonyl (C=O) groups excluding carboxylic acids is 1. The van der Waals surface area contributed by atoms with Crippen molar-refractivity contribution in [3.05, 3.63) is 53.1 Å². The Balaban J connectivity index is 1.70. The molecule has 0 aromatic heterocycles. The number of carbonyl (C=O) groups is 1. The van der Waals surface area contributed by atoms with Crippen LogP contribution in [-0.2, 0) is 32.5 Å². The lowest BCUT2D eigenvalue weighted by atomic mass is 10.0. The van der Waals surface area contributed by atoms with Gasteiger partial charge in [0.2, 0.25) is 10.0 Å². The minimum atomic E-state index is -3.54. The van der Waals surface area contributed by atoms with Crippen LogP contribution in [0.2, 0.25) is 0 Å². The lowest BCUT2D eigenvalue weighted by Gasteiger charge is -2.28. The second-order valence-electron chi connectivity index (χ2n) is 7.82. The zero-order valence-corrected chi connectivity index (χ0v) is 19.2. The van der Waals surface area contributed by atoms with E-state index in [9.17, 15) is 18.5 Å². The van der Waals surface area contributed by atoms with Crippen LogP contribution >= 0.6 is 0 Å². The molecule has 2 aromatic carbocycles. The van der Waals surface area contributed by atoms with Crippen LogP contribution in [-0.4, -0.2) is 44.2 Å². The van der Waals surface area contributed by atoms with Crippen LogP contribution in [0, 0.1) is 11.3 Å². The molecule has 9 heteroatoms. The molecule has 170 valence electrons. The summed E-state index contributed by atoms with van der Waals surface area (Å²) in [5, 5.41) is 12.7. The van der Waals surface area contributed by atoms with Crippen LogP contribution in [0.15, 0.2) is 36.4 Å². The molecule has 1 N–H and O–H groups in total. The van der Waals surface area contributed by atoms with Crippen LogP contribution in [0.4, 0.5) is 11.4 Å². The third-order valence-corrected chi connectivity index (χ3v) is 6.94. The standard InChI is InChI=1S/C23H27N3O5S/c1-16(2)31-22-7-6-21(13-19(22)14-24)25-20-5-4-18-15-26(10-8-17(18)12-20)32(28,29)11-9-23(27)30-3/h4-7,12-13,16,25H,8-11,15H2,1-3H3. The summed E-state index contributed by atoms with van der Waals surface area (Å²) in [7, 11) is -2.29. The van der Waals surface area contributed by atoms with Gasteiger partial charge in [0, 0.05) is 24.5 Å². The molecule has 2 aromatic rings. The number of nitrogens with zero attached hydrogens (tertiary/aromatic N) is 2. The summed E-state index contributed by atoms with van der Waals surface area (Å²) < 4.78 is 36.7. The zero-order chi connectivity index (χ0) is 23.3. The van der Waals surface area contributed by atoms with E-state index in [-0.39, 0.29) is 24.8 Å². The summed E-state index contributed by atoms with van der Waals surface area (Å²) in [6, 6.07) is 13.3. The predicted molar refractivity (Wildman–Crippen MR) is 121 cm³/mol. The largest absolute Gasteiger partial charge is 0.490 e. The summed E-state index contributed by atoms with van der Waals surface area (Å²) in [6.45, 7) is 4.45. The molecule has 0 bridgehead atoms. The maximum Gasteiger partial charge on any atom is 0.306 e. The fraction of sp³-hybridized carbons (Fsp3) is 0.391. The van der Waals surface area contributed by atoms with Gasteiger partial charge in [-0.3, -0.25) is 4.79 Å². The van der Waals surface area contributed by atoms with Crippen molar-refractivity contribution in [3.8, 4) is 11.8 Å². The smallest absolute Gasteiger partial charge is 0.306 e. The van der Waals surface area contributed by atoms with E-state index in [1.165, 1.54) is 11.4 Å². The molecule has 0 spiro atoms. The number of fused-ring (bicyclic) bond motifs is 1. The lowest BCUT2D eigenvalue weighted by Crippen LogP contribution is -2.37. The summed E-state index contributed by atoms with van der Waals surface area (Å²) in [4.78, 5) is 11.3. The highest BCUT2D eigenvalue weighted by atomic mass is 32.2. The third kappa shape index (κ3) is 5.78. The Morgan fingerprint density at radius 1 is 1.19 bits per heavy atom. The monoisotopic (exact) mass is 457 g/mol. The predicted octanol–water partition coefficient (Wildman–Crippen LogP) is 3.34. The molecule has 0 fully saturated rings. The molecule has 0 atom stereocenters. The van der Waals surface area contributed by atoms with Gasteiger partial charge in [0.25, 0.3) is 0 Å². The van der Waals surface area contributed by atoms with E-state index in [1.54, 1.807) is 12.1 Å². The van der Waals surface area contributed by atoms with E-state index < -0.39 is 16.0 Å². The molecule has 32 heavy (non-hydrogen) atoms. The van der Waals surface area contributed by atoms with Gasteiger partial charge in [0.05, 0.1) is 31.0 Å². The Bertz CT molecular complexity index is 1140. The molecule has 0 saturated carbocycles. The fourth-order valence-corrected chi connectivity index (χ4v) is 4.89. The summed E-state index contributed by atoms with van der Waals surface area (Å²) >= 11 is 0. The average Bonchev–Trinajstić information content (AvgIpc) is 2.77. The van der Waals surface area contributed by atoms with Crippen LogP contribution in [0.1, 0.15) is 37.0 Å². The highest BCUT2D eigenvalue weighted by Gasteiger charge is 2.27. The number of benzene rings is 2. The van der Waals surface area contributed by atoms with E-state index in [0.29, 0.717) is 24.3 Å². The number of hydrogen-bond acceptors (Lipinski definition) is 7. The number of nitriles is 1. The van der Waals surface area contributed by atoms with Gasteiger partial charge in [0.1, 0.15) is 11.8 Å². The number of anilines is 2. The number of sulfonamides is 1. The van der Waals surface area contributed by atoms with Crippen LogP contribution in [0.3, 0.4) is 0 Å². The molecule has 0 amide bonds. The van der Waals surface area contributed by atoms with Crippen molar-refractivity contribution < 1.29 is 22.7 Å². The molecule has 0 aliphatic carbocycles. The number of methoxy groups -OCH3 is 1. The van der Waals surface area contributed by atoms with Crippen molar-refractivity contribution in [3.63, 3.8) is 0 Å². The van der Waals surface area contributed by atoms with Gasteiger partial charge in [-0.05, 0) is 61.7 Å². The van der Waals surface area contributed by atoms with Gasteiger partial charge in [-0.1, -0.05) is 6.07 Å². The number of esters is 1. The van der Waals surface area contributed by atoms with Gasteiger partial charge >= 0.3 is 5.97 Å². The Hall–Kier alpha value is -3.09. The van der Waals surface area contributed by atoms with Crippen molar-refractivity contribution in [2.75, 3.05) is 24.7 Å². The fourth-order valence-electron chi connectivity index (χ4n) is 3.50. The normalized spacial score (nSPS) is 13.8. The molecule has 8 nitrogen and oxygen atoms in total. The Kier molecular flexibility index (Phi) is 7.38. The zero-order valence-electron chi connectivity index (χ0n) is 18.4. The van der Waals surface area contributed by atoms with Gasteiger partial charge in [0.15, 0.2) is 0 Å². The Morgan fingerprint density at radius 2 is 1.91 bits per heavy atom. The molecule has 0 radical (unpaired) electrons. The summed E-state index contributed by atoms with van der Waals surface area (Å²) in [6.07, 6.45) is 0.398. The van der Waals surface area contributed by atoms with Crippen molar-refractivity contribution >= 4 is 27.4 Å². The van der Waals surface area contributed by atoms with Crippen LogP contribution in [0.25, 0.3) is 0 Å². The molecule has 1 aliphatic rings. The van der Waals surface area contributed by atoms with E-state index >= 15 is 0 Å². The summed E-state index contributed by atoms with van der Waals surface area (Å²) in [5.74, 6) is -0.246. The first-order valence-corrected chi connectivity index (χ1v) is 12.0. The van der Waals surface area contributed by atoms with Gasteiger partial charge in [-0.25, -0.2) is 8.42 Å². The molecule has 1 aliphatic heterocycles. The highest BCUT2D eigenvalue weighted by Crippen LogP contribution is 2.28. The van der Waals surface area contributed by atoms with Crippen molar-refractivity contribution in [1.29, 1.82) is 5.26 Å². The number of hydrogen-bond donors (Lipinski definition) is 1. The molecule has 1 heterocycles.